The van der Waals surface area contributed by atoms with E-state index in [9.17, 15) is 4.79 Å². The van der Waals surface area contributed by atoms with Gasteiger partial charge in [-0.2, -0.15) is 0 Å². The molecule has 1 aromatic rings. The molecule has 0 aliphatic heterocycles. The Morgan fingerprint density at radius 1 is 1.88 bits per heavy atom. The molecule has 1 heterocycles. The van der Waals surface area contributed by atoms with Gasteiger partial charge in [-0.3, -0.25) is 0 Å². The molecule has 0 bridgehead atoms. The Bertz CT molecular complexity index is 200. The first-order chi connectivity index (χ1) is 3.93. The van der Waals surface area contributed by atoms with Gasteiger partial charge in [0.2, 0.25) is 11.2 Å². The second-order valence-electron chi connectivity index (χ2n) is 0.924. The Morgan fingerprint density at radius 2 is 2.75 bits per heavy atom. The van der Waals surface area contributed by atoms with Gasteiger partial charge in [0.15, 0.2) is 0 Å². The second-order valence-corrected chi connectivity index (χ2v) is 1.74. The van der Waals surface area contributed by atoms with E-state index in [1.807, 2.05) is 0 Å². The van der Waals surface area contributed by atoms with Crippen molar-refractivity contribution in [3.63, 3.8) is 0 Å². The molecule has 0 atom stereocenters. The molecule has 0 amide bonds. The summed E-state index contributed by atoms with van der Waals surface area (Å²) in [5.74, 6) is 0. The zero-order valence-corrected chi connectivity index (χ0v) is 4.55. The molecule has 1 rings (SSSR count). The van der Waals surface area contributed by atoms with Gasteiger partial charge in [-0.1, -0.05) is 11.3 Å². The highest BCUT2D eigenvalue weighted by molar-refractivity contribution is 7.13. The molecule has 0 spiro atoms. The van der Waals surface area contributed by atoms with Gasteiger partial charge >= 0.3 is 0 Å². The van der Waals surface area contributed by atoms with Crippen molar-refractivity contribution in [1.29, 1.82) is 0 Å². The molecule has 0 saturated heterocycles. The van der Waals surface area contributed by atoms with Gasteiger partial charge in [0.25, 0.3) is 0 Å². The van der Waals surface area contributed by atoms with Crippen LogP contribution in [0.25, 0.3) is 0 Å². The second kappa shape index (κ2) is 2.30. The molecule has 1 aromatic heterocycles. The lowest BCUT2D eigenvalue weighted by Gasteiger charge is -1.65. The minimum Gasteiger partial charge on any atom is -0.211 e. The van der Waals surface area contributed by atoms with Crippen molar-refractivity contribution in [3.8, 4) is 0 Å². The third-order valence-corrected chi connectivity index (χ3v) is 1.07. The summed E-state index contributed by atoms with van der Waals surface area (Å²) >= 11 is 1.20. The van der Waals surface area contributed by atoms with E-state index < -0.39 is 0 Å². The third-order valence-electron chi connectivity index (χ3n) is 0.490. The summed E-state index contributed by atoms with van der Waals surface area (Å²) in [5.41, 5.74) is 1.50. The number of aromatic nitrogens is 2. The number of hydrogen-bond acceptors (Lipinski definition) is 5. The molecule has 0 aliphatic carbocycles. The highest BCUT2D eigenvalue weighted by Gasteiger charge is 1.86. The summed E-state index contributed by atoms with van der Waals surface area (Å²) in [6, 6.07) is 0. The molecular formula is C3HN3OS. The summed E-state index contributed by atoms with van der Waals surface area (Å²) in [6.45, 7) is 0. The molecule has 0 fully saturated rings. The van der Waals surface area contributed by atoms with Crippen molar-refractivity contribution in [2.75, 3.05) is 0 Å². The van der Waals surface area contributed by atoms with Gasteiger partial charge < -0.3 is 0 Å². The van der Waals surface area contributed by atoms with Gasteiger partial charge in [-0.25, -0.2) is 4.79 Å². The molecule has 5 heteroatoms. The van der Waals surface area contributed by atoms with Crippen molar-refractivity contribution < 1.29 is 4.79 Å². The Balaban J connectivity index is 2.93. The lowest BCUT2D eigenvalue weighted by atomic mass is 11.2. The molecule has 0 aromatic carbocycles. The van der Waals surface area contributed by atoms with E-state index in [4.69, 9.17) is 0 Å². The van der Waals surface area contributed by atoms with Crippen LogP contribution in [-0.2, 0) is 4.79 Å². The zero-order valence-electron chi connectivity index (χ0n) is 3.74. The number of aliphatic imine (C=N–C) groups is 1. The molecule has 0 aliphatic rings. The number of rotatable bonds is 1. The number of carbonyl (C=O) groups excluding carboxylic acids is 1. The summed E-state index contributed by atoms with van der Waals surface area (Å²) in [4.78, 5) is 12.7. The van der Waals surface area contributed by atoms with Crippen molar-refractivity contribution in [2.45, 2.75) is 0 Å². The molecule has 0 unspecified atom stereocenters. The van der Waals surface area contributed by atoms with Crippen LogP contribution < -0.4 is 0 Å². The fourth-order valence-corrected chi connectivity index (χ4v) is 0.628. The van der Waals surface area contributed by atoms with Gasteiger partial charge in [0.1, 0.15) is 5.51 Å². The normalized spacial score (nSPS) is 8.00. The Labute approximate surface area is 48.9 Å². The van der Waals surface area contributed by atoms with Gasteiger partial charge in [-0.05, 0) is 0 Å². The van der Waals surface area contributed by atoms with Crippen LogP contribution in [0.3, 0.4) is 0 Å². The minimum absolute atomic E-state index is 0.347. The van der Waals surface area contributed by atoms with Crippen LogP contribution in [-0.4, -0.2) is 16.3 Å². The largest absolute Gasteiger partial charge is 0.242 e. The maximum Gasteiger partial charge on any atom is 0.242 e. The van der Waals surface area contributed by atoms with Crippen molar-refractivity contribution in [3.05, 3.63) is 5.51 Å². The summed E-state index contributed by atoms with van der Waals surface area (Å²) in [5, 5.41) is 7.23. The van der Waals surface area contributed by atoms with Crippen LogP contribution in [0.2, 0.25) is 0 Å². The van der Waals surface area contributed by atoms with Crippen molar-refractivity contribution >= 4 is 22.5 Å². The van der Waals surface area contributed by atoms with Crippen LogP contribution in [0.4, 0.5) is 5.13 Å². The molecule has 0 saturated carbocycles. The van der Waals surface area contributed by atoms with Crippen LogP contribution >= 0.6 is 11.3 Å². The quantitative estimate of drug-likeness (QED) is 0.408. The van der Waals surface area contributed by atoms with Gasteiger partial charge in [0.05, 0.1) is 0 Å². The lowest BCUT2D eigenvalue weighted by molar-refractivity contribution is 0.565. The summed E-state index contributed by atoms with van der Waals surface area (Å²) in [6.07, 6.45) is 1.35. The number of isocyanates is 1. The molecule has 8 heavy (non-hydrogen) atoms. The summed E-state index contributed by atoms with van der Waals surface area (Å²) < 4.78 is 0. The lowest BCUT2D eigenvalue weighted by Crippen LogP contribution is -1.60. The molecule has 0 N–H and O–H groups in total. The molecule has 0 radical (unpaired) electrons. The van der Waals surface area contributed by atoms with Crippen molar-refractivity contribution in [2.24, 2.45) is 4.99 Å². The first-order valence-electron chi connectivity index (χ1n) is 1.77. The molecular weight excluding hydrogens is 126 g/mol. The van der Waals surface area contributed by atoms with Crippen molar-refractivity contribution in [1.82, 2.24) is 10.2 Å². The third kappa shape index (κ3) is 0.959. The van der Waals surface area contributed by atoms with Gasteiger partial charge in [0, 0.05) is 0 Å². The average Bonchev–Trinajstić information content (AvgIpc) is 2.19. The number of hydrogen-bond donors (Lipinski definition) is 0. The zero-order chi connectivity index (χ0) is 5.82. The number of nitrogens with zero attached hydrogens (tertiary/aromatic N) is 3. The van der Waals surface area contributed by atoms with E-state index >= 15 is 0 Å². The Hall–Kier alpha value is -1.06. The predicted molar refractivity (Wildman–Crippen MR) is 27.7 cm³/mol. The van der Waals surface area contributed by atoms with Crippen LogP contribution in [0, 0.1) is 0 Å². The molecule has 4 nitrogen and oxygen atoms in total. The van der Waals surface area contributed by atoms with E-state index in [0.29, 0.717) is 5.13 Å². The highest BCUT2D eigenvalue weighted by atomic mass is 32.1. The fraction of sp³-hybridized carbons (Fsp3) is 0. The highest BCUT2D eigenvalue weighted by Crippen LogP contribution is 2.09. The Morgan fingerprint density at radius 3 is 3.25 bits per heavy atom. The van der Waals surface area contributed by atoms with Crippen LogP contribution in [0.1, 0.15) is 0 Å². The maximum atomic E-state index is 9.52. The molecule has 40 valence electrons. The van der Waals surface area contributed by atoms with E-state index in [0.717, 1.165) is 0 Å². The predicted octanol–water partition coefficient (Wildman–Crippen LogP) is 0.505. The fourth-order valence-electron chi connectivity index (χ4n) is 0.255. The summed E-state index contributed by atoms with van der Waals surface area (Å²) in [7, 11) is 0. The topological polar surface area (TPSA) is 55.2 Å². The smallest absolute Gasteiger partial charge is 0.211 e. The average molecular weight is 127 g/mol. The van der Waals surface area contributed by atoms with Gasteiger partial charge in [-0.15, -0.1) is 15.2 Å². The SMILES string of the molecule is O=C=Nc1nncs1. The Kier molecular flexibility index (Phi) is 1.46. The first kappa shape index (κ1) is 5.08. The van der Waals surface area contributed by atoms with E-state index in [2.05, 4.69) is 15.2 Å². The monoisotopic (exact) mass is 127 g/mol. The van der Waals surface area contributed by atoms with Crippen LogP contribution in [0.5, 0.6) is 0 Å². The minimum atomic E-state index is 0.347. The maximum absolute atomic E-state index is 9.52. The van der Waals surface area contributed by atoms with E-state index in [1.54, 1.807) is 0 Å². The first-order valence-corrected chi connectivity index (χ1v) is 2.65. The van der Waals surface area contributed by atoms with E-state index in [1.165, 1.54) is 22.9 Å². The van der Waals surface area contributed by atoms with E-state index in [-0.39, 0.29) is 0 Å². The standard InChI is InChI=1S/C3HN3OS/c7-1-4-3-6-5-2-8-3/h2H. The van der Waals surface area contributed by atoms with Crippen LogP contribution in [0.15, 0.2) is 10.5 Å².